The quantitative estimate of drug-likeness (QED) is 0.583. The lowest BCUT2D eigenvalue weighted by molar-refractivity contribution is 0.148. The highest BCUT2D eigenvalue weighted by Crippen LogP contribution is 2.54. The number of hydrogen-bond acceptors (Lipinski definition) is 2. The lowest BCUT2D eigenvalue weighted by atomic mass is 10.0. The minimum atomic E-state index is -0.908. The van der Waals surface area contributed by atoms with Crippen molar-refractivity contribution < 1.29 is 9.90 Å². The van der Waals surface area contributed by atoms with E-state index in [4.69, 9.17) is 5.11 Å². The maximum absolute atomic E-state index is 10.6. The van der Waals surface area contributed by atoms with Gasteiger partial charge in [-0.25, -0.2) is 4.79 Å². The van der Waals surface area contributed by atoms with Crippen LogP contribution < -0.4 is 0 Å². The van der Waals surface area contributed by atoms with Gasteiger partial charge in [-0.15, -0.1) is 0 Å². The van der Waals surface area contributed by atoms with Crippen molar-refractivity contribution in [3.8, 4) is 0 Å². The van der Waals surface area contributed by atoms with Crippen LogP contribution in [0.3, 0.4) is 0 Å². The zero-order chi connectivity index (χ0) is 8.29. The van der Waals surface area contributed by atoms with Crippen LogP contribution in [-0.4, -0.2) is 28.5 Å². The normalized spacial score (nSPS) is 42.2. The van der Waals surface area contributed by atoms with Crippen molar-refractivity contribution in [3.63, 3.8) is 0 Å². The van der Waals surface area contributed by atoms with E-state index in [1.165, 1.54) is 23.6 Å². The summed E-state index contributed by atoms with van der Waals surface area (Å²) in [6.45, 7) is 0.609. The van der Waals surface area contributed by atoms with Gasteiger partial charge in [0.1, 0.15) is 0 Å². The molecule has 4 nitrogen and oxygen atoms in total. The molecule has 3 aliphatic rings. The van der Waals surface area contributed by atoms with Crippen LogP contribution in [0.5, 0.6) is 0 Å². The molecule has 0 saturated heterocycles. The molecule has 1 N–H and O–H groups in total. The number of hydrazone groups is 1. The summed E-state index contributed by atoms with van der Waals surface area (Å²) in [6.07, 6.45) is 1.52. The molecule has 0 aromatic carbocycles. The number of amides is 1. The lowest BCUT2D eigenvalue weighted by Crippen LogP contribution is -2.24. The van der Waals surface area contributed by atoms with Gasteiger partial charge in [0.15, 0.2) is 0 Å². The number of nitrogens with zero attached hydrogens (tertiary/aromatic N) is 2. The summed E-state index contributed by atoms with van der Waals surface area (Å²) >= 11 is 0. The Morgan fingerprint density at radius 2 is 2.42 bits per heavy atom. The lowest BCUT2D eigenvalue weighted by Gasteiger charge is -2.08. The Kier molecular flexibility index (Phi) is 0.975. The topological polar surface area (TPSA) is 52.9 Å². The van der Waals surface area contributed by atoms with Crippen LogP contribution in [0.2, 0.25) is 0 Å². The van der Waals surface area contributed by atoms with E-state index in [1.807, 2.05) is 0 Å². The smallest absolute Gasteiger partial charge is 0.427 e. The molecule has 3 rings (SSSR count). The fourth-order valence-corrected chi connectivity index (χ4v) is 2.49. The Labute approximate surface area is 69.9 Å². The average molecular weight is 166 g/mol. The molecule has 0 spiro atoms. The molecule has 2 aliphatic carbocycles. The third-order valence-electron chi connectivity index (χ3n) is 3.16. The summed E-state index contributed by atoms with van der Waals surface area (Å²) in [4.78, 5) is 10.6. The molecule has 0 aromatic rings. The molecule has 64 valence electrons. The van der Waals surface area contributed by atoms with E-state index in [2.05, 4.69) is 5.10 Å². The summed E-state index contributed by atoms with van der Waals surface area (Å²) in [6, 6.07) is 0. The first kappa shape index (κ1) is 6.46. The molecule has 3 atom stereocenters. The molecule has 0 bridgehead atoms. The highest BCUT2D eigenvalue weighted by molar-refractivity contribution is 5.96. The molecule has 4 heteroatoms. The Hall–Kier alpha value is -1.06. The molecule has 12 heavy (non-hydrogen) atoms. The van der Waals surface area contributed by atoms with Crippen molar-refractivity contribution in [1.82, 2.24) is 5.01 Å². The molecular formula is C8H10N2O2. The van der Waals surface area contributed by atoms with Crippen molar-refractivity contribution >= 4 is 11.8 Å². The summed E-state index contributed by atoms with van der Waals surface area (Å²) in [5.41, 5.74) is 1.17. The Morgan fingerprint density at radius 3 is 3.08 bits per heavy atom. The summed E-state index contributed by atoms with van der Waals surface area (Å²) in [7, 11) is 0. The molecule has 2 fully saturated rings. The van der Waals surface area contributed by atoms with Gasteiger partial charge >= 0.3 is 6.09 Å². The Morgan fingerprint density at radius 1 is 1.58 bits per heavy atom. The number of carboxylic acid groups (broad SMARTS) is 1. The van der Waals surface area contributed by atoms with E-state index in [-0.39, 0.29) is 0 Å². The van der Waals surface area contributed by atoms with Gasteiger partial charge in [0.25, 0.3) is 0 Å². The van der Waals surface area contributed by atoms with Crippen LogP contribution in [0.15, 0.2) is 5.10 Å². The first-order valence-electron chi connectivity index (χ1n) is 4.34. The van der Waals surface area contributed by atoms with E-state index in [1.54, 1.807) is 0 Å². The highest BCUT2D eigenvalue weighted by atomic mass is 16.4. The van der Waals surface area contributed by atoms with Gasteiger partial charge < -0.3 is 5.11 Å². The van der Waals surface area contributed by atoms with Gasteiger partial charge in [-0.05, 0) is 18.8 Å². The van der Waals surface area contributed by atoms with Crippen molar-refractivity contribution in [2.24, 2.45) is 22.9 Å². The van der Waals surface area contributed by atoms with Crippen LogP contribution in [0.4, 0.5) is 4.79 Å². The molecular weight excluding hydrogens is 156 g/mol. The SMILES string of the molecule is O=C(O)N1CC2CC3CC3C2=N1. The largest absolute Gasteiger partial charge is 0.464 e. The molecule has 3 unspecified atom stereocenters. The number of rotatable bonds is 0. The standard InChI is InChI=1S/C8H10N2O2/c11-8(12)10-3-5-1-4-2-6(4)7(5)9-10/h4-6H,1-3H2,(H,11,12). The van der Waals surface area contributed by atoms with Gasteiger partial charge in [-0.2, -0.15) is 10.1 Å². The maximum atomic E-state index is 10.6. The number of fused-ring (bicyclic) bond motifs is 3. The van der Waals surface area contributed by atoms with Crippen LogP contribution in [0, 0.1) is 17.8 Å². The maximum Gasteiger partial charge on any atom is 0.427 e. The second-order valence-corrected chi connectivity index (χ2v) is 3.92. The van der Waals surface area contributed by atoms with Crippen LogP contribution in [0.1, 0.15) is 12.8 Å². The van der Waals surface area contributed by atoms with E-state index in [0.717, 1.165) is 5.92 Å². The predicted octanol–water partition coefficient (Wildman–Crippen LogP) is 0.992. The van der Waals surface area contributed by atoms with Crippen LogP contribution in [0.25, 0.3) is 0 Å². The molecule has 0 radical (unpaired) electrons. The van der Waals surface area contributed by atoms with Gasteiger partial charge in [0, 0.05) is 17.5 Å². The van der Waals surface area contributed by atoms with E-state index in [9.17, 15) is 4.79 Å². The number of carbonyl (C=O) groups is 1. The molecule has 0 aromatic heterocycles. The van der Waals surface area contributed by atoms with Crippen molar-refractivity contribution in [3.05, 3.63) is 0 Å². The molecule has 1 aliphatic heterocycles. The zero-order valence-electron chi connectivity index (χ0n) is 6.60. The number of hydrogen-bond donors (Lipinski definition) is 1. The zero-order valence-corrected chi connectivity index (χ0v) is 6.60. The van der Waals surface area contributed by atoms with Crippen molar-refractivity contribution in [2.75, 3.05) is 6.54 Å². The van der Waals surface area contributed by atoms with E-state index in [0.29, 0.717) is 18.4 Å². The summed E-state index contributed by atoms with van der Waals surface area (Å²) < 4.78 is 0. The van der Waals surface area contributed by atoms with Crippen molar-refractivity contribution in [2.45, 2.75) is 12.8 Å². The molecule has 1 amide bonds. The third kappa shape index (κ3) is 0.673. The second kappa shape index (κ2) is 1.81. The van der Waals surface area contributed by atoms with E-state index >= 15 is 0 Å². The predicted molar refractivity (Wildman–Crippen MR) is 41.9 cm³/mol. The molecule has 1 heterocycles. The minimum Gasteiger partial charge on any atom is -0.464 e. The van der Waals surface area contributed by atoms with Gasteiger partial charge in [-0.1, -0.05) is 0 Å². The second-order valence-electron chi connectivity index (χ2n) is 3.92. The van der Waals surface area contributed by atoms with Crippen LogP contribution in [-0.2, 0) is 0 Å². The summed E-state index contributed by atoms with van der Waals surface area (Å²) in [5, 5.41) is 14.0. The van der Waals surface area contributed by atoms with Crippen LogP contribution >= 0.6 is 0 Å². The third-order valence-corrected chi connectivity index (χ3v) is 3.16. The van der Waals surface area contributed by atoms with Gasteiger partial charge in [-0.3, -0.25) is 0 Å². The minimum absolute atomic E-state index is 0.463. The first-order valence-corrected chi connectivity index (χ1v) is 4.34. The van der Waals surface area contributed by atoms with Crippen molar-refractivity contribution in [1.29, 1.82) is 0 Å². The van der Waals surface area contributed by atoms with Gasteiger partial charge in [0.05, 0.1) is 6.54 Å². The fraction of sp³-hybridized carbons (Fsp3) is 0.750. The first-order chi connectivity index (χ1) is 5.75. The highest BCUT2D eigenvalue weighted by Gasteiger charge is 2.54. The Balaban J connectivity index is 1.87. The van der Waals surface area contributed by atoms with Gasteiger partial charge in [0.2, 0.25) is 0 Å². The Bertz CT molecular complexity index is 287. The fourth-order valence-electron chi connectivity index (χ4n) is 2.49. The van der Waals surface area contributed by atoms with E-state index < -0.39 is 6.09 Å². The average Bonchev–Trinajstić information content (AvgIpc) is 2.54. The summed E-state index contributed by atoms with van der Waals surface area (Å²) in [5.74, 6) is 1.97. The molecule has 2 saturated carbocycles. The monoisotopic (exact) mass is 166 g/mol.